The summed E-state index contributed by atoms with van der Waals surface area (Å²) in [7, 11) is 0. The van der Waals surface area contributed by atoms with E-state index in [0.717, 1.165) is 45.2 Å². The zero-order valence-electron chi connectivity index (χ0n) is 19.7. The molecule has 0 spiro atoms. The quantitative estimate of drug-likeness (QED) is 0.138. The summed E-state index contributed by atoms with van der Waals surface area (Å²) in [6.45, 7) is 6.86. The van der Waals surface area contributed by atoms with Crippen LogP contribution in [-0.4, -0.2) is 39.0 Å². The fourth-order valence-corrected chi connectivity index (χ4v) is 8.56. The van der Waals surface area contributed by atoms with E-state index in [9.17, 15) is 3.07 Å². The molecule has 0 heterocycles. The Hall–Kier alpha value is -1.72. The Morgan fingerprint density at radius 3 is 2.36 bits per heavy atom. The number of hydrogen-bond acceptors (Lipinski definition) is 4. The molecule has 7 heteroatoms. The molecule has 0 saturated carbocycles. The predicted octanol–water partition coefficient (Wildman–Crippen LogP) is 3.38. The summed E-state index contributed by atoms with van der Waals surface area (Å²) in [5.74, 6) is 2.34. The van der Waals surface area contributed by atoms with Crippen LogP contribution in [0.25, 0.3) is 0 Å². The van der Waals surface area contributed by atoms with Gasteiger partial charge in [0.05, 0.1) is 0 Å². The van der Waals surface area contributed by atoms with Crippen molar-refractivity contribution >= 4 is 24.4 Å². The summed E-state index contributed by atoms with van der Waals surface area (Å²) in [6.07, 6.45) is 0. The number of nitrogens with one attached hydrogen (secondary N) is 1. The molecular formula is C26H33I2N2O3-. The maximum absolute atomic E-state index is 13.5. The molecule has 3 aromatic rings. The van der Waals surface area contributed by atoms with Crippen molar-refractivity contribution in [1.29, 1.82) is 0 Å². The SMILES string of the molecule is CCN(CCOc1cc(NI(C)(=O)c2ccc(Oc3ccccc3)cc2)ccc1C)C[I-]C. The number of likely N-dealkylation sites (N-methyl/N-ethyl adjacent to an activating group) is 1. The van der Waals surface area contributed by atoms with Gasteiger partial charge in [-0.05, 0) is 0 Å². The van der Waals surface area contributed by atoms with Crippen molar-refractivity contribution in [1.82, 2.24) is 4.90 Å². The van der Waals surface area contributed by atoms with Crippen molar-refractivity contribution in [2.45, 2.75) is 13.8 Å². The average Bonchev–Trinajstić information content (AvgIpc) is 2.81. The molecule has 180 valence electrons. The van der Waals surface area contributed by atoms with Gasteiger partial charge in [0, 0.05) is 0 Å². The van der Waals surface area contributed by atoms with Crippen LogP contribution in [0.5, 0.6) is 17.2 Å². The van der Waals surface area contributed by atoms with Gasteiger partial charge >= 0.3 is 214 Å². The van der Waals surface area contributed by atoms with Crippen LogP contribution >= 0.6 is 18.7 Å². The molecule has 1 atom stereocenters. The minimum atomic E-state index is -3.65. The van der Waals surface area contributed by atoms with Crippen molar-refractivity contribution < 1.29 is 33.7 Å². The Bertz CT molecular complexity index is 1060. The van der Waals surface area contributed by atoms with Gasteiger partial charge in [-0.15, -0.1) is 0 Å². The average molecular weight is 675 g/mol. The number of aryl methyl sites for hydroxylation is 1. The van der Waals surface area contributed by atoms with E-state index in [0.29, 0.717) is 6.61 Å². The van der Waals surface area contributed by atoms with Gasteiger partial charge in [-0.1, -0.05) is 0 Å². The number of para-hydroxylation sites is 1. The first-order valence-electron chi connectivity index (χ1n) is 10.8. The van der Waals surface area contributed by atoms with E-state index in [2.05, 4.69) is 20.3 Å². The first kappa shape index (κ1) is 25.9. The van der Waals surface area contributed by atoms with Crippen molar-refractivity contribution in [3.63, 3.8) is 0 Å². The molecule has 1 N–H and O–H groups in total. The van der Waals surface area contributed by atoms with Crippen molar-refractivity contribution in [3.8, 4) is 17.2 Å². The van der Waals surface area contributed by atoms with Gasteiger partial charge in [0.15, 0.2) is 0 Å². The van der Waals surface area contributed by atoms with Crippen LogP contribution < -0.4 is 34.2 Å². The van der Waals surface area contributed by atoms with Crippen LogP contribution in [0, 0.1) is 10.5 Å². The van der Waals surface area contributed by atoms with E-state index in [4.69, 9.17) is 9.47 Å². The second-order valence-electron chi connectivity index (χ2n) is 7.67. The monoisotopic (exact) mass is 675 g/mol. The number of hydrogen-bond donors (Lipinski definition) is 1. The summed E-state index contributed by atoms with van der Waals surface area (Å²) < 4.78 is 30.8. The Labute approximate surface area is 212 Å². The normalized spacial score (nSPS) is 14.0. The van der Waals surface area contributed by atoms with Crippen molar-refractivity contribution in [2.24, 2.45) is 0 Å². The molecule has 33 heavy (non-hydrogen) atoms. The number of rotatable bonds is 12. The molecular weight excluding hydrogens is 642 g/mol. The summed E-state index contributed by atoms with van der Waals surface area (Å²) in [6, 6.07) is 23.1. The number of anilines is 1. The first-order valence-corrected chi connectivity index (χ1v) is 19.7. The van der Waals surface area contributed by atoms with Gasteiger partial charge in [-0.25, -0.2) is 0 Å². The molecule has 0 saturated heterocycles. The number of halogens is 2. The fraction of sp³-hybridized carbons (Fsp3) is 0.308. The molecule has 0 aliphatic rings. The molecule has 0 aromatic heterocycles. The number of alkyl halides is 3. The number of benzene rings is 3. The van der Waals surface area contributed by atoms with E-state index in [1.54, 1.807) is 0 Å². The topological polar surface area (TPSA) is 50.8 Å². The van der Waals surface area contributed by atoms with Crippen molar-refractivity contribution in [2.75, 3.05) is 37.6 Å². The van der Waals surface area contributed by atoms with E-state index in [1.165, 1.54) is 4.55 Å². The first-order chi connectivity index (χ1) is 15.9. The fourth-order valence-electron chi connectivity index (χ4n) is 3.20. The van der Waals surface area contributed by atoms with Gasteiger partial charge in [0.1, 0.15) is 0 Å². The Kier molecular flexibility index (Phi) is 9.94. The maximum atomic E-state index is 13.5. The van der Waals surface area contributed by atoms with Crippen LogP contribution in [0.15, 0.2) is 72.8 Å². The van der Waals surface area contributed by atoms with Crippen LogP contribution in [0.2, 0.25) is 0 Å². The van der Waals surface area contributed by atoms with Gasteiger partial charge < -0.3 is 0 Å². The molecule has 0 aliphatic heterocycles. The molecule has 0 fully saturated rings. The molecule has 0 radical (unpaired) electrons. The summed E-state index contributed by atoms with van der Waals surface area (Å²) in [5.41, 5.74) is 1.90. The van der Waals surface area contributed by atoms with Gasteiger partial charge in [0.25, 0.3) is 0 Å². The van der Waals surface area contributed by atoms with Crippen LogP contribution in [0.4, 0.5) is 5.69 Å². The van der Waals surface area contributed by atoms with E-state index in [-0.39, 0.29) is 21.2 Å². The molecule has 0 aliphatic carbocycles. The van der Waals surface area contributed by atoms with E-state index >= 15 is 0 Å². The Morgan fingerprint density at radius 1 is 1.00 bits per heavy atom. The van der Waals surface area contributed by atoms with Gasteiger partial charge in [0.2, 0.25) is 0 Å². The van der Waals surface area contributed by atoms with Crippen LogP contribution in [-0.2, 0) is 3.07 Å². The molecule has 5 nitrogen and oxygen atoms in total. The third-order valence-electron chi connectivity index (χ3n) is 5.09. The second kappa shape index (κ2) is 12.7. The zero-order chi connectivity index (χ0) is 23.7. The molecule has 0 bridgehead atoms. The van der Waals surface area contributed by atoms with Crippen molar-refractivity contribution in [3.05, 3.63) is 81.9 Å². The van der Waals surface area contributed by atoms with Crippen LogP contribution in [0.1, 0.15) is 12.5 Å². The Balaban J connectivity index is 1.64. The molecule has 0 amide bonds. The van der Waals surface area contributed by atoms with E-state index < -0.39 is 18.7 Å². The zero-order valence-corrected chi connectivity index (χ0v) is 24.0. The van der Waals surface area contributed by atoms with Crippen LogP contribution in [0.3, 0.4) is 0 Å². The minimum absolute atomic E-state index is 0.246. The summed E-state index contributed by atoms with van der Waals surface area (Å²) >= 11 is -3.40. The van der Waals surface area contributed by atoms with E-state index in [1.807, 2.05) is 84.7 Å². The second-order valence-corrected chi connectivity index (χ2v) is 16.1. The van der Waals surface area contributed by atoms with Gasteiger partial charge in [-0.2, -0.15) is 0 Å². The predicted molar refractivity (Wildman–Crippen MR) is 141 cm³/mol. The summed E-state index contributed by atoms with van der Waals surface area (Å²) in [5, 5.41) is 0. The molecule has 1 unspecified atom stereocenters. The summed E-state index contributed by atoms with van der Waals surface area (Å²) in [4.78, 5) is 6.54. The standard InChI is InChI=1S/C26H33I2N2O3/c1-5-30(20-27-3)17-18-32-26-19-23(14-11-21(26)2)29-28(4,31)22-12-15-25(16-13-22)33-24-9-7-6-8-10-24/h6-16,19H,5,17-18,20H2,1-4H3,(H,29,31)/q-1. The third kappa shape index (κ3) is 7.92. The molecule has 3 rings (SSSR count). The molecule has 3 aromatic carbocycles. The number of ether oxygens (including phenoxy) is 2. The Morgan fingerprint density at radius 2 is 1.70 bits per heavy atom. The number of nitrogens with zero attached hydrogens (tertiary/aromatic N) is 1. The van der Waals surface area contributed by atoms with Gasteiger partial charge in [-0.3, -0.25) is 0 Å². The third-order valence-corrected chi connectivity index (χ3v) is 11.5.